The minimum absolute atomic E-state index is 0.158. The minimum atomic E-state index is -1.08. The monoisotopic (exact) mass is 205 g/mol. The third kappa shape index (κ3) is 2.59. The van der Waals surface area contributed by atoms with Crippen molar-refractivity contribution in [3.05, 3.63) is 0 Å². The molecule has 1 saturated heterocycles. The van der Waals surface area contributed by atoms with Crippen LogP contribution < -0.4 is 0 Å². The van der Waals surface area contributed by atoms with Crippen molar-refractivity contribution in [1.82, 2.24) is 4.90 Å². The lowest BCUT2D eigenvalue weighted by Crippen LogP contribution is -2.51. The van der Waals surface area contributed by atoms with Crippen molar-refractivity contribution in [2.45, 2.75) is 50.6 Å². The molecule has 78 valence electrons. The second kappa shape index (κ2) is 4.18. The van der Waals surface area contributed by atoms with E-state index in [-0.39, 0.29) is 5.25 Å². The highest BCUT2D eigenvalue weighted by Crippen LogP contribution is 2.32. The molecule has 0 aromatic carbocycles. The van der Waals surface area contributed by atoms with Crippen LogP contribution in [0.25, 0.3) is 0 Å². The maximum atomic E-state index is 14.2. The maximum absolute atomic E-state index is 14.2. The average molecular weight is 205 g/mol. The number of hydrogen-bond acceptors (Lipinski definition) is 2. The van der Waals surface area contributed by atoms with Gasteiger partial charge in [-0.05, 0) is 33.2 Å². The van der Waals surface area contributed by atoms with E-state index in [1.54, 1.807) is 0 Å². The molecule has 2 unspecified atom stereocenters. The van der Waals surface area contributed by atoms with Gasteiger partial charge in [-0.25, -0.2) is 4.39 Å². The smallest absolute Gasteiger partial charge is 0.134 e. The Morgan fingerprint density at radius 2 is 2.00 bits per heavy atom. The SMILES string of the molecule is CC(C)N1CCCC(F)(C(C)S)C1. The molecule has 0 aromatic heterocycles. The van der Waals surface area contributed by atoms with Crippen molar-refractivity contribution in [1.29, 1.82) is 0 Å². The molecule has 0 N–H and O–H groups in total. The van der Waals surface area contributed by atoms with Crippen LogP contribution in [-0.2, 0) is 0 Å². The van der Waals surface area contributed by atoms with Crippen LogP contribution in [0.1, 0.15) is 33.6 Å². The number of likely N-dealkylation sites (tertiary alicyclic amines) is 1. The van der Waals surface area contributed by atoms with Crippen LogP contribution in [0.4, 0.5) is 4.39 Å². The highest BCUT2D eigenvalue weighted by atomic mass is 32.1. The van der Waals surface area contributed by atoms with Crippen molar-refractivity contribution in [3.63, 3.8) is 0 Å². The first-order valence-corrected chi connectivity index (χ1v) is 5.58. The number of hydrogen-bond donors (Lipinski definition) is 1. The second-order valence-electron chi connectivity index (χ2n) is 4.38. The minimum Gasteiger partial charge on any atom is -0.298 e. The molecule has 1 fully saturated rings. The molecular formula is C10H20FNS. The van der Waals surface area contributed by atoms with Gasteiger partial charge < -0.3 is 0 Å². The fourth-order valence-corrected chi connectivity index (χ4v) is 2.06. The maximum Gasteiger partial charge on any atom is 0.134 e. The molecule has 0 aliphatic carbocycles. The first-order chi connectivity index (χ1) is 5.96. The molecule has 3 heteroatoms. The summed E-state index contributed by atoms with van der Waals surface area (Å²) < 4.78 is 14.2. The van der Waals surface area contributed by atoms with Gasteiger partial charge in [0.25, 0.3) is 0 Å². The van der Waals surface area contributed by atoms with E-state index >= 15 is 0 Å². The molecule has 1 rings (SSSR count). The lowest BCUT2D eigenvalue weighted by Gasteiger charge is -2.41. The zero-order chi connectivity index (χ0) is 10.1. The van der Waals surface area contributed by atoms with E-state index in [4.69, 9.17) is 0 Å². The summed E-state index contributed by atoms with van der Waals surface area (Å²) in [5.41, 5.74) is -1.08. The molecule has 1 nitrogen and oxygen atoms in total. The molecule has 0 amide bonds. The van der Waals surface area contributed by atoms with Crippen molar-refractivity contribution in [2.75, 3.05) is 13.1 Å². The molecule has 13 heavy (non-hydrogen) atoms. The Morgan fingerprint density at radius 3 is 2.46 bits per heavy atom. The number of nitrogens with zero attached hydrogens (tertiary/aromatic N) is 1. The summed E-state index contributed by atoms with van der Waals surface area (Å²) in [5, 5.41) is -0.158. The van der Waals surface area contributed by atoms with Gasteiger partial charge in [0, 0.05) is 17.8 Å². The van der Waals surface area contributed by atoms with E-state index in [1.165, 1.54) is 0 Å². The van der Waals surface area contributed by atoms with Crippen LogP contribution in [-0.4, -0.2) is 34.9 Å². The molecule has 1 aliphatic rings. The van der Waals surface area contributed by atoms with Crippen LogP contribution in [0.15, 0.2) is 0 Å². The van der Waals surface area contributed by atoms with Crippen LogP contribution in [0.5, 0.6) is 0 Å². The van der Waals surface area contributed by atoms with Gasteiger partial charge in [0.2, 0.25) is 0 Å². The second-order valence-corrected chi connectivity index (χ2v) is 5.15. The predicted octanol–water partition coefficient (Wildman–Crippen LogP) is 2.52. The van der Waals surface area contributed by atoms with Gasteiger partial charge in [0.1, 0.15) is 5.67 Å². The van der Waals surface area contributed by atoms with E-state index in [9.17, 15) is 4.39 Å². The molecule has 2 atom stereocenters. The van der Waals surface area contributed by atoms with Crippen LogP contribution in [0.2, 0.25) is 0 Å². The molecule has 0 aromatic rings. The Kier molecular flexibility index (Phi) is 3.64. The first-order valence-electron chi connectivity index (χ1n) is 5.07. The van der Waals surface area contributed by atoms with Gasteiger partial charge in [-0.15, -0.1) is 0 Å². The van der Waals surface area contributed by atoms with Crippen molar-refractivity contribution >= 4 is 12.6 Å². The van der Waals surface area contributed by atoms with Crippen LogP contribution >= 0.6 is 12.6 Å². The Hall–Kier alpha value is 0.240. The number of thiol groups is 1. The third-order valence-corrected chi connectivity index (χ3v) is 3.45. The van der Waals surface area contributed by atoms with Crippen LogP contribution in [0.3, 0.4) is 0 Å². The zero-order valence-electron chi connectivity index (χ0n) is 8.76. The molecule has 0 radical (unpaired) electrons. The summed E-state index contributed by atoms with van der Waals surface area (Å²) in [6.45, 7) is 7.68. The summed E-state index contributed by atoms with van der Waals surface area (Å²) >= 11 is 4.23. The molecular weight excluding hydrogens is 185 g/mol. The number of halogens is 1. The highest BCUT2D eigenvalue weighted by molar-refractivity contribution is 7.81. The Labute approximate surface area is 86.1 Å². The van der Waals surface area contributed by atoms with Gasteiger partial charge >= 0.3 is 0 Å². The Morgan fingerprint density at radius 1 is 1.38 bits per heavy atom. The molecule has 0 spiro atoms. The van der Waals surface area contributed by atoms with E-state index in [1.807, 2.05) is 6.92 Å². The molecule has 1 aliphatic heterocycles. The number of alkyl halides is 1. The Balaban J connectivity index is 2.60. The summed E-state index contributed by atoms with van der Waals surface area (Å²) in [5.74, 6) is 0. The van der Waals surface area contributed by atoms with E-state index in [0.717, 1.165) is 13.0 Å². The molecule has 0 bridgehead atoms. The predicted molar refractivity (Wildman–Crippen MR) is 58.2 cm³/mol. The van der Waals surface area contributed by atoms with Gasteiger partial charge in [-0.3, -0.25) is 4.90 Å². The zero-order valence-corrected chi connectivity index (χ0v) is 9.65. The summed E-state index contributed by atoms with van der Waals surface area (Å²) in [4.78, 5) is 2.20. The summed E-state index contributed by atoms with van der Waals surface area (Å²) in [6, 6.07) is 0.447. The number of rotatable bonds is 2. The summed E-state index contributed by atoms with van der Waals surface area (Å²) in [6.07, 6.45) is 1.63. The normalized spacial score (nSPS) is 33.7. The van der Waals surface area contributed by atoms with Crippen molar-refractivity contribution in [2.24, 2.45) is 0 Å². The molecule has 0 saturated carbocycles. The largest absolute Gasteiger partial charge is 0.298 e. The lowest BCUT2D eigenvalue weighted by molar-refractivity contribution is 0.0315. The van der Waals surface area contributed by atoms with Crippen molar-refractivity contribution in [3.8, 4) is 0 Å². The van der Waals surface area contributed by atoms with E-state index in [0.29, 0.717) is 19.0 Å². The van der Waals surface area contributed by atoms with E-state index in [2.05, 4.69) is 31.4 Å². The fraction of sp³-hybridized carbons (Fsp3) is 1.00. The lowest BCUT2D eigenvalue weighted by atomic mass is 9.91. The standard InChI is InChI=1S/C10H20FNS/c1-8(2)12-6-4-5-10(11,7-12)9(3)13/h8-9,13H,4-7H2,1-3H3. The summed E-state index contributed by atoms with van der Waals surface area (Å²) in [7, 11) is 0. The van der Waals surface area contributed by atoms with E-state index < -0.39 is 5.67 Å². The van der Waals surface area contributed by atoms with Gasteiger partial charge in [0.05, 0.1) is 0 Å². The number of piperidine rings is 1. The van der Waals surface area contributed by atoms with Crippen molar-refractivity contribution < 1.29 is 4.39 Å². The first kappa shape index (κ1) is 11.3. The van der Waals surface area contributed by atoms with Gasteiger partial charge in [0.15, 0.2) is 0 Å². The van der Waals surface area contributed by atoms with Gasteiger partial charge in [-0.2, -0.15) is 12.6 Å². The Bertz CT molecular complexity index is 172. The average Bonchev–Trinajstić information content (AvgIpc) is 2.04. The molecule has 1 heterocycles. The highest BCUT2D eigenvalue weighted by Gasteiger charge is 2.39. The van der Waals surface area contributed by atoms with Crippen LogP contribution in [0, 0.1) is 0 Å². The topological polar surface area (TPSA) is 3.24 Å². The quantitative estimate of drug-likeness (QED) is 0.678. The fourth-order valence-electron chi connectivity index (χ4n) is 1.85. The third-order valence-electron chi connectivity index (χ3n) is 2.98. The van der Waals surface area contributed by atoms with Gasteiger partial charge in [-0.1, -0.05) is 6.92 Å².